The van der Waals surface area contributed by atoms with Crippen LogP contribution >= 0.6 is 0 Å². The minimum Gasteiger partial charge on any atom is -0.478 e. The molecular formula is C30H26F3N5O3. The number of halogens is 3. The van der Waals surface area contributed by atoms with E-state index in [-0.39, 0.29) is 5.56 Å². The Morgan fingerprint density at radius 1 is 1.10 bits per heavy atom. The quantitative estimate of drug-likeness (QED) is 0.268. The summed E-state index contributed by atoms with van der Waals surface area (Å²) in [5, 5.41) is 9.58. The summed E-state index contributed by atoms with van der Waals surface area (Å²) >= 11 is 0. The van der Waals surface area contributed by atoms with Crippen molar-refractivity contribution in [3.8, 4) is 23.1 Å². The first kappa shape index (κ1) is 27.7. The van der Waals surface area contributed by atoms with Crippen LogP contribution in [0.5, 0.6) is 5.88 Å². The molecule has 0 unspecified atom stereocenters. The minimum atomic E-state index is -4.55. The maximum absolute atomic E-state index is 13.2. The lowest BCUT2D eigenvalue weighted by Gasteiger charge is -2.42. The molecule has 1 aliphatic rings. The number of hydrogen-bond donors (Lipinski definition) is 0. The first-order valence-electron chi connectivity index (χ1n) is 13.0. The van der Waals surface area contributed by atoms with Crippen LogP contribution in [0.15, 0.2) is 79.5 Å². The van der Waals surface area contributed by atoms with E-state index < -0.39 is 23.4 Å². The fourth-order valence-corrected chi connectivity index (χ4v) is 5.04. The second-order valence-corrected chi connectivity index (χ2v) is 9.53. The molecule has 1 fully saturated rings. The van der Waals surface area contributed by atoms with Crippen molar-refractivity contribution in [3.63, 3.8) is 0 Å². The van der Waals surface area contributed by atoms with Crippen LogP contribution in [-0.2, 0) is 16.5 Å². The topological polar surface area (TPSA) is 93.3 Å². The monoisotopic (exact) mass is 561 g/mol. The number of aromatic nitrogens is 3. The fourth-order valence-electron chi connectivity index (χ4n) is 5.04. The summed E-state index contributed by atoms with van der Waals surface area (Å²) in [6.07, 6.45) is 1.53. The molecule has 210 valence electrons. The molecule has 2 aromatic carbocycles. The van der Waals surface area contributed by atoms with Gasteiger partial charge < -0.3 is 14.4 Å². The van der Waals surface area contributed by atoms with E-state index in [1.54, 1.807) is 6.20 Å². The number of imidazole rings is 1. The SMILES string of the molecule is CCOc1ncccc1-c1ccc(C2(OC(=O)n3ccnc3)CCN(c3ccc(C(F)(F)F)cc3C#N)CC2)cc1. The summed E-state index contributed by atoms with van der Waals surface area (Å²) in [5.74, 6) is 0.516. The van der Waals surface area contributed by atoms with E-state index in [1.165, 1.54) is 29.4 Å². The molecule has 0 aliphatic carbocycles. The molecule has 2 aromatic heterocycles. The molecule has 0 N–H and O–H groups in total. The van der Waals surface area contributed by atoms with Crippen molar-refractivity contribution >= 4 is 11.8 Å². The van der Waals surface area contributed by atoms with Gasteiger partial charge in [-0.05, 0) is 48.4 Å². The number of alkyl halides is 3. The van der Waals surface area contributed by atoms with Crippen LogP contribution in [0.1, 0.15) is 36.5 Å². The normalized spacial score (nSPS) is 14.8. The van der Waals surface area contributed by atoms with E-state index >= 15 is 0 Å². The van der Waals surface area contributed by atoms with Gasteiger partial charge in [0.05, 0.1) is 23.4 Å². The molecule has 1 saturated heterocycles. The molecule has 11 heteroatoms. The van der Waals surface area contributed by atoms with Gasteiger partial charge >= 0.3 is 12.3 Å². The summed E-state index contributed by atoms with van der Waals surface area (Å²) in [6.45, 7) is 3.04. The van der Waals surface area contributed by atoms with Crippen LogP contribution in [0.4, 0.5) is 23.7 Å². The Balaban J connectivity index is 1.44. The third kappa shape index (κ3) is 5.72. The Bertz CT molecular complexity index is 1560. The van der Waals surface area contributed by atoms with Gasteiger partial charge in [-0.2, -0.15) is 18.4 Å². The predicted molar refractivity (Wildman–Crippen MR) is 144 cm³/mol. The highest BCUT2D eigenvalue weighted by atomic mass is 19.4. The number of carbonyl (C=O) groups is 1. The largest absolute Gasteiger partial charge is 0.478 e. The van der Waals surface area contributed by atoms with Crippen molar-refractivity contribution < 1.29 is 27.4 Å². The minimum absolute atomic E-state index is 0.0614. The van der Waals surface area contributed by atoms with Gasteiger partial charge in [-0.15, -0.1) is 0 Å². The van der Waals surface area contributed by atoms with Crippen molar-refractivity contribution in [2.75, 3.05) is 24.6 Å². The number of hydrogen-bond acceptors (Lipinski definition) is 7. The zero-order chi connectivity index (χ0) is 29.0. The highest BCUT2D eigenvalue weighted by Crippen LogP contribution is 2.41. The summed E-state index contributed by atoms with van der Waals surface area (Å²) in [6, 6.07) is 16.4. The van der Waals surface area contributed by atoms with Crippen molar-refractivity contribution in [1.29, 1.82) is 5.26 Å². The first-order valence-corrected chi connectivity index (χ1v) is 13.0. The highest BCUT2D eigenvalue weighted by Gasteiger charge is 2.41. The van der Waals surface area contributed by atoms with E-state index in [4.69, 9.17) is 9.47 Å². The number of piperidine rings is 1. The molecule has 1 aliphatic heterocycles. The zero-order valence-corrected chi connectivity index (χ0v) is 22.1. The number of nitriles is 1. The smallest absolute Gasteiger partial charge is 0.420 e. The molecule has 0 bridgehead atoms. The van der Waals surface area contributed by atoms with E-state index in [0.29, 0.717) is 44.1 Å². The third-order valence-electron chi connectivity index (χ3n) is 7.13. The molecule has 0 atom stereocenters. The zero-order valence-electron chi connectivity index (χ0n) is 22.1. The van der Waals surface area contributed by atoms with Gasteiger partial charge in [0.25, 0.3) is 0 Å². The molecule has 0 spiro atoms. The van der Waals surface area contributed by atoms with Crippen LogP contribution in [-0.4, -0.2) is 40.3 Å². The van der Waals surface area contributed by atoms with E-state index in [9.17, 15) is 23.2 Å². The summed E-state index contributed by atoms with van der Waals surface area (Å²) in [5.41, 5.74) is 0.920. The number of rotatable bonds is 6. The lowest BCUT2D eigenvalue weighted by Crippen LogP contribution is -2.46. The Morgan fingerprint density at radius 2 is 1.85 bits per heavy atom. The first-order chi connectivity index (χ1) is 19.7. The Hall–Kier alpha value is -4.85. The summed E-state index contributed by atoms with van der Waals surface area (Å²) < 4.78 is 52.7. The fraction of sp³-hybridized carbons (Fsp3) is 0.267. The molecule has 3 heterocycles. The summed E-state index contributed by atoms with van der Waals surface area (Å²) in [7, 11) is 0. The maximum atomic E-state index is 13.2. The Kier molecular flexibility index (Phi) is 7.66. The van der Waals surface area contributed by atoms with Crippen molar-refractivity contribution in [2.24, 2.45) is 0 Å². The second-order valence-electron chi connectivity index (χ2n) is 9.53. The summed E-state index contributed by atoms with van der Waals surface area (Å²) in [4.78, 5) is 23.1. The lowest BCUT2D eigenvalue weighted by atomic mass is 9.83. The molecule has 5 rings (SSSR count). The van der Waals surface area contributed by atoms with Crippen LogP contribution in [0.25, 0.3) is 11.1 Å². The molecule has 41 heavy (non-hydrogen) atoms. The van der Waals surface area contributed by atoms with Crippen LogP contribution in [0.2, 0.25) is 0 Å². The average molecular weight is 562 g/mol. The maximum Gasteiger partial charge on any atom is 0.420 e. The van der Waals surface area contributed by atoms with Gasteiger partial charge in [0, 0.05) is 50.1 Å². The van der Waals surface area contributed by atoms with Gasteiger partial charge in [0.15, 0.2) is 0 Å². The molecule has 0 amide bonds. The van der Waals surface area contributed by atoms with E-state index in [1.807, 2.05) is 54.3 Å². The van der Waals surface area contributed by atoms with E-state index in [2.05, 4.69) is 9.97 Å². The van der Waals surface area contributed by atoms with Crippen molar-refractivity contribution in [1.82, 2.24) is 14.5 Å². The molecule has 8 nitrogen and oxygen atoms in total. The van der Waals surface area contributed by atoms with Crippen molar-refractivity contribution in [3.05, 3.63) is 96.2 Å². The molecule has 4 aromatic rings. The van der Waals surface area contributed by atoms with Gasteiger partial charge in [-0.3, -0.25) is 0 Å². The van der Waals surface area contributed by atoms with Crippen LogP contribution in [0, 0.1) is 11.3 Å². The Labute approximate surface area is 234 Å². The number of ether oxygens (including phenoxy) is 2. The standard InChI is InChI=1S/C30H26F3N5O3/c1-2-40-27-25(4-3-13-36-27)21-5-7-23(8-6-21)29(41-28(39)38-17-14-35-20-38)11-15-37(16-12-29)26-10-9-24(30(31,32)33)18-22(26)19-34/h3-10,13-14,17-18,20H,2,11-12,15-16H2,1H3. The van der Waals surface area contributed by atoms with Gasteiger partial charge in [-0.1, -0.05) is 24.3 Å². The second kappa shape index (κ2) is 11.3. The van der Waals surface area contributed by atoms with Gasteiger partial charge in [0.2, 0.25) is 5.88 Å². The van der Waals surface area contributed by atoms with Crippen LogP contribution < -0.4 is 9.64 Å². The number of pyridine rings is 1. The van der Waals surface area contributed by atoms with Crippen LogP contribution in [0.3, 0.4) is 0 Å². The van der Waals surface area contributed by atoms with Gasteiger partial charge in [0.1, 0.15) is 18.0 Å². The average Bonchev–Trinajstić information content (AvgIpc) is 3.53. The van der Waals surface area contributed by atoms with Crippen molar-refractivity contribution in [2.45, 2.75) is 31.5 Å². The lowest BCUT2D eigenvalue weighted by molar-refractivity contribution is -0.137. The number of nitrogens with zero attached hydrogens (tertiary/aromatic N) is 5. The van der Waals surface area contributed by atoms with Gasteiger partial charge in [-0.25, -0.2) is 19.3 Å². The predicted octanol–water partition coefficient (Wildman–Crippen LogP) is 6.41. The Morgan fingerprint density at radius 3 is 2.49 bits per heavy atom. The molecular weight excluding hydrogens is 535 g/mol. The number of benzene rings is 2. The number of carbonyl (C=O) groups excluding carboxylic acids is 1. The van der Waals surface area contributed by atoms with E-state index in [0.717, 1.165) is 28.8 Å². The molecule has 0 radical (unpaired) electrons. The number of anilines is 1. The third-order valence-corrected chi connectivity index (χ3v) is 7.13. The molecule has 0 saturated carbocycles. The highest BCUT2D eigenvalue weighted by molar-refractivity contribution is 5.72.